The number of nitrogens with one attached hydrogen (secondary N) is 2. The van der Waals surface area contributed by atoms with Crippen LogP contribution < -0.4 is 10.7 Å². The Morgan fingerprint density at radius 2 is 2.10 bits per heavy atom. The van der Waals surface area contributed by atoms with Gasteiger partial charge in [-0.1, -0.05) is 19.9 Å². The zero-order valence-electron chi connectivity index (χ0n) is 23.0. The lowest BCUT2D eigenvalue weighted by Crippen LogP contribution is -2.41. The lowest BCUT2D eigenvalue weighted by atomic mass is 9.90. The first-order valence-electron chi connectivity index (χ1n) is 12.9. The van der Waals surface area contributed by atoms with Gasteiger partial charge in [0.25, 0.3) is 0 Å². The number of aliphatic imine (C=N–C) groups is 1. The van der Waals surface area contributed by atoms with Crippen molar-refractivity contribution in [3.63, 3.8) is 0 Å². The number of carbonyl (C=O) groups excluding carboxylic acids is 1. The molecule has 4 N–H and O–H groups in total. The molecule has 12 heteroatoms. The number of aliphatic hydroxyl groups excluding tert-OH is 2. The highest BCUT2D eigenvalue weighted by atomic mass is 19.3. The zero-order valence-corrected chi connectivity index (χ0v) is 23.0. The van der Waals surface area contributed by atoms with E-state index in [2.05, 4.69) is 32.5 Å². The summed E-state index contributed by atoms with van der Waals surface area (Å²) in [4.78, 5) is 22.9. The van der Waals surface area contributed by atoms with Gasteiger partial charge < -0.3 is 19.8 Å². The van der Waals surface area contributed by atoms with E-state index < -0.39 is 29.4 Å². The lowest BCUT2D eigenvalue weighted by Gasteiger charge is -2.28. The van der Waals surface area contributed by atoms with Crippen LogP contribution in [0.4, 0.5) is 13.6 Å². The third kappa shape index (κ3) is 6.99. The summed E-state index contributed by atoms with van der Waals surface area (Å²) in [5.41, 5.74) is 5.38. The van der Waals surface area contributed by atoms with E-state index in [4.69, 9.17) is 4.74 Å². The minimum absolute atomic E-state index is 0.152. The van der Waals surface area contributed by atoms with E-state index in [0.717, 1.165) is 29.3 Å². The maximum Gasteiger partial charge on any atom is 0.323 e. The van der Waals surface area contributed by atoms with Crippen LogP contribution in [0.25, 0.3) is 5.57 Å². The SMILES string of the molecule is C=N/C(=C\C(C)C(C)C(C)(F)F)NC(=O)N1CC=C(c2ncc(C3(C)NN=C(C(CO)CO)O3)cc2C)CC1. The van der Waals surface area contributed by atoms with Crippen molar-refractivity contribution < 1.29 is 28.5 Å². The number of halogens is 2. The summed E-state index contributed by atoms with van der Waals surface area (Å²) >= 11 is 0. The first-order valence-corrected chi connectivity index (χ1v) is 12.9. The number of hydrogen-bond donors (Lipinski definition) is 4. The molecule has 0 radical (unpaired) electrons. The number of ether oxygens (including phenoxy) is 1. The third-order valence-electron chi connectivity index (χ3n) is 7.32. The highest BCUT2D eigenvalue weighted by Crippen LogP contribution is 2.32. The molecule has 3 heterocycles. The largest absolute Gasteiger partial charge is 0.447 e. The number of urea groups is 1. The number of rotatable bonds is 10. The minimum atomic E-state index is -2.86. The Labute approximate surface area is 227 Å². The van der Waals surface area contributed by atoms with Crippen molar-refractivity contribution >= 4 is 24.2 Å². The molecule has 0 aliphatic carbocycles. The minimum Gasteiger partial charge on any atom is -0.447 e. The van der Waals surface area contributed by atoms with Crippen molar-refractivity contribution in [2.45, 2.75) is 52.7 Å². The Balaban J connectivity index is 1.65. The maximum atomic E-state index is 13.7. The number of hydrogen-bond acceptors (Lipinski definition) is 8. The highest BCUT2D eigenvalue weighted by molar-refractivity contribution is 5.81. The summed E-state index contributed by atoms with van der Waals surface area (Å²) in [7, 11) is 0. The molecule has 1 aromatic heterocycles. The van der Waals surface area contributed by atoms with E-state index in [-0.39, 0.29) is 31.0 Å². The second-order valence-corrected chi connectivity index (χ2v) is 10.3. The number of carbonyl (C=O) groups is 1. The third-order valence-corrected chi connectivity index (χ3v) is 7.32. The fourth-order valence-corrected chi connectivity index (χ4v) is 4.35. The molecule has 0 fully saturated rings. The molecular formula is C27H38F2N6O4. The van der Waals surface area contributed by atoms with Crippen molar-refractivity contribution in [1.29, 1.82) is 0 Å². The van der Waals surface area contributed by atoms with Gasteiger partial charge in [0.2, 0.25) is 17.5 Å². The van der Waals surface area contributed by atoms with Crippen LogP contribution in [-0.2, 0) is 10.5 Å². The van der Waals surface area contributed by atoms with Gasteiger partial charge >= 0.3 is 6.03 Å². The Hall–Kier alpha value is -3.38. The molecule has 2 aliphatic rings. The fourth-order valence-electron chi connectivity index (χ4n) is 4.35. The number of aromatic nitrogens is 1. The van der Waals surface area contributed by atoms with Crippen molar-refractivity contribution in [3.8, 4) is 0 Å². The van der Waals surface area contributed by atoms with E-state index in [9.17, 15) is 23.8 Å². The molecule has 39 heavy (non-hydrogen) atoms. The number of hydrazone groups is 1. The molecule has 10 nitrogen and oxygen atoms in total. The zero-order chi connectivity index (χ0) is 29.0. The molecule has 3 rings (SSSR count). The Morgan fingerprint density at radius 1 is 1.41 bits per heavy atom. The number of aryl methyl sites for hydroxylation is 1. The van der Waals surface area contributed by atoms with E-state index in [1.807, 2.05) is 19.1 Å². The Kier molecular flexibility index (Phi) is 9.44. The van der Waals surface area contributed by atoms with Gasteiger partial charge in [0.15, 0.2) is 0 Å². The summed E-state index contributed by atoms with van der Waals surface area (Å²) in [6.07, 6.45) is 5.70. The maximum absolute atomic E-state index is 13.7. The first kappa shape index (κ1) is 30.2. The average Bonchev–Trinajstić information content (AvgIpc) is 3.30. The molecule has 3 atom stereocenters. The normalized spacial score (nSPS) is 21.5. The van der Waals surface area contributed by atoms with Crippen LogP contribution in [0.3, 0.4) is 0 Å². The number of nitrogens with zero attached hydrogens (tertiary/aromatic N) is 4. The van der Waals surface area contributed by atoms with Crippen LogP contribution in [0.5, 0.6) is 0 Å². The molecule has 214 valence electrons. The molecule has 1 aromatic rings. The van der Waals surface area contributed by atoms with Gasteiger partial charge in [-0.05, 0) is 56.2 Å². The summed E-state index contributed by atoms with van der Waals surface area (Å²) in [6.45, 7) is 11.4. The van der Waals surface area contributed by atoms with Crippen LogP contribution >= 0.6 is 0 Å². The molecular weight excluding hydrogens is 510 g/mol. The van der Waals surface area contributed by atoms with E-state index >= 15 is 0 Å². The molecule has 2 aliphatic heterocycles. The summed E-state index contributed by atoms with van der Waals surface area (Å²) in [6, 6.07) is 1.56. The summed E-state index contributed by atoms with van der Waals surface area (Å²) in [5.74, 6) is -4.54. The first-order chi connectivity index (χ1) is 18.3. The van der Waals surface area contributed by atoms with Gasteiger partial charge in [0, 0.05) is 37.7 Å². The Morgan fingerprint density at radius 3 is 2.64 bits per heavy atom. The van der Waals surface area contributed by atoms with Crippen LogP contribution in [0.15, 0.2) is 40.3 Å². The van der Waals surface area contributed by atoms with Gasteiger partial charge in [-0.2, -0.15) is 0 Å². The second-order valence-electron chi connectivity index (χ2n) is 10.3. The van der Waals surface area contributed by atoms with Gasteiger partial charge in [-0.25, -0.2) is 18.6 Å². The number of alkyl halides is 2. The molecule has 0 saturated heterocycles. The van der Waals surface area contributed by atoms with Gasteiger partial charge in [-0.15, -0.1) is 5.10 Å². The predicted molar refractivity (Wildman–Crippen MR) is 145 cm³/mol. The van der Waals surface area contributed by atoms with Crippen LogP contribution in [0.2, 0.25) is 0 Å². The topological polar surface area (TPSA) is 132 Å². The van der Waals surface area contributed by atoms with Gasteiger partial charge in [0.05, 0.1) is 24.8 Å². The van der Waals surface area contributed by atoms with E-state index in [1.54, 1.807) is 24.9 Å². The lowest BCUT2D eigenvalue weighted by molar-refractivity contribution is -0.0453. The predicted octanol–water partition coefficient (Wildman–Crippen LogP) is 3.36. The number of pyridine rings is 1. The quantitative estimate of drug-likeness (QED) is 0.332. The van der Waals surface area contributed by atoms with Crippen LogP contribution in [0.1, 0.15) is 50.9 Å². The number of aliphatic hydroxyl groups is 2. The highest BCUT2D eigenvalue weighted by Gasteiger charge is 2.38. The summed E-state index contributed by atoms with van der Waals surface area (Å²) in [5, 5.41) is 25.6. The molecule has 0 aromatic carbocycles. The average molecular weight is 549 g/mol. The molecule has 0 spiro atoms. The Bertz CT molecular complexity index is 1160. The van der Waals surface area contributed by atoms with Crippen molar-refractivity contribution in [1.82, 2.24) is 20.6 Å². The number of allylic oxidation sites excluding steroid dienone is 1. The van der Waals surface area contributed by atoms with Gasteiger partial charge in [0.1, 0.15) is 5.82 Å². The molecule has 0 saturated carbocycles. The molecule has 2 amide bonds. The van der Waals surface area contributed by atoms with Crippen molar-refractivity contribution in [3.05, 3.63) is 47.1 Å². The molecule has 0 bridgehead atoms. The van der Waals surface area contributed by atoms with Crippen LogP contribution in [0, 0.1) is 24.7 Å². The standard InChI is InChI=1S/C27H38F2N6O4/c1-16(18(3)26(4,28)29)12-22(30-6)32-25(38)35-9-7-19(8-10-35)23-17(2)11-21(13-31-23)27(5)34-33-24(39-27)20(14-36)15-37/h7,11-13,16,18,20,34,36-37H,6,8-10,14-15H2,1-5H3,(H,32,38)/b22-12+. The van der Waals surface area contributed by atoms with Crippen molar-refractivity contribution in [2.75, 3.05) is 26.3 Å². The fraction of sp³-hybridized carbons (Fsp3) is 0.556. The smallest absolute Gasteiger partial charge is 0.323 e. The monoisotopic (exact) mass is 548 g/mol. The second kappa shape index (κ2) is 12.2. The molecule has 3 unspecified atom stereocenters. The van der Waals surface area contributed by atoms with E-state index in [1.165, 1.54) is 13.0 Å². The van der Waals surface area contributed by atoms with Crippen LogP contribution in [-0.4, -0.2) is 71.0 Å². The number of amides is 2. The van der Waals surface area contributed by atoms with Gasteiger partial charge in [-0.3, -0.25) is 15.7 Å². The summed E-state index contributed by atoms with van der Waals surface area (Å²) < 4.78 is 33.2. The van der Waals surface area contributed by atoms with Crippen molar-refractivity contribution in [2.24, 2.45) is 27.8 Å². The van der Waals surface area contributed by atoms with E-state index in [0.29, 0.717) is 19.5 Å².